The number of aryl methyl sites for hydroxylation is 3. The Morgan fingerprint density at radius 2 is 1.91 bits per heavy atom. The molecular formula is C18H22N4O. The fourth-order valence-corrected chi connectivity index (χ4v) is 3.04. The maximum Gasteiger partial charge on any atom is 0.227 e. The van der Waals surface area contributed by atoms with Crippen LogP contribution in [0.5, 0.6) is 0 Å². The summed E-state index contributed by atoms with van der Waals surface area (Å²) in [5.41, 5.74) is 6.65. The molecule has 0 fully saturated rings. The summed E-state index contributed by atoms with van der Waals surface area (Å²) >= 11 is 0. The summed E-state index contributed by atoms with van der Waals surface area (Å²) in [5, 5.41) is 7.99. The molecule has 0 spiro atoms. The summed E-state index contributed by atoms with van der Waals surface area (Å²) in [6.45, 7) is 6.76. The van der Waals surface area contributed by atoms with Gasteiger partial charge < -0.3 is 9.88 Å². The molecule has 1 aromatic carbocycles. The van der Waals surface area contributed by atoms with E-state index in [2.05, 4.69) is 41.2 Å². The summed E-state index contributed by atoms with van der Waals surface area (Å²) in [6, 6.07) is 6.12. The first-order valence-corrected chi connectivity index (χ1v) is 7.77. The van der Waals surface area contributed by atoms with E-state index >= 15 is 0 Å². The first kappa shape index (κ1) is 15.3. The average molecular weight is 310 g/mol. The lowest BCUT2D eigenvalue weighted by Gasteiger charge is -2.16. The molecule has 3 aromatic rings. The lowest BCUT2D eigenvalue weighted by atomic mass is 10.0. The van der Waals surface area contributed by atoms with E-state index in [0.29, 0.717) is 13.0 Å². The largest absolute Gasteiger partial charge is 0.358 e. The number of hydrogen-bond acceptors (Lipinski definition) is 2. The monoisotopic (exact) mass is 310 g/mol. The number of amides is 1. The van der Waals surface area contributed by atoms with Crippen LogP contribution in [0, 0.1) is 20.8 Å². The van der Waals surface area contributed by atoms with Gasteiger partial charge in [0, 0.05) is 29.8 Å². The molecule has 0 aliphatic carbocycles. The molecule has 0 radical (unpaired) electrons. The first-order chi connectivity index (χ1) is 11.0. The van der Waals surface area contributed by atoms with Crippen molar-refractivity contribution in [1.82, 2.24) is 20.1 Å². The summed E-state index contributed by atoms with van der Waals surface area (Å²) in [7, 11) is 1.82. The lowest BCUT2D eigenvalue weighted by Crippen LogP contribution is -2.28. The van der Waals surface area contributed by atoms with Crippen LogP contribution in [0.25, 0.3) is 10.9 Å². The smallest absolute Gasteiger partial charge is 0.227 e. The average Bonchev–Trinajstić information content (AvgIpc) is 3.12. The van der Waals surface area contributed by atoms with Crippen molar-refractivity contribution in [2.45, 2.75) is 33.7 Å². The van der Waals surface area contributed by atoms with Crippen LogP contribution in [0.4, 0.5) is 0 Å². The summed E-state index contributed by atoms with van der Waals surface area (Å²) in [6.07, 6.45) is 2.10. The summed E-state index contributed by atoms with van der Waals surface area (Å²) in [5.74, 6) is 0.101. The predicted molar refractivity (Wildman–Crippen MR) is 91.3 cm³/mol. The maximum absolute atomic E-state index is 12.6. The standard InChI is InChI=1S/C18H22N4O/c1-11-5-6-12(2)18-17(11)15(13(3)20-18)9-16(23)22(4)10-14-7-8-19-21-14/h5-8,20H,9-10H2,1-4H3,(H,19,21). The Morgan fingerprint density at radius 3 is 2.61 bits per heavy atom. The van der Waals surface area contributed by atoms with Crippen molar-refractivity contribution in [3.05, 3.63) is 52.5 Å². The zero-order chi connectivity index (χ0) is 16.6. The van der Waals surface area contributed by atoms with Crippen molar-refractivity contribution in [2.24, 2.45) is 0 Å². The van der Waals surface area contributed by atoms with Gasteiger partial charge in [-0.25, -0.2) is 0 Å². The second-order valence-corrected chi connectivity index (χ2v) is 6.19. The summed E-state index contributed by atoms with van der Waals surface area (Å²) < 4.78 is 0. The number of aromatic amines is 2. The fraction of sp³-hybridized carbons (Fsp3) is 0.333. The van der Waals surface area contributed by atoms with Crippen molar-refractivity contribution < 1.29 is 4.79 Å². The molecule has 23 heavy (non-hydrogen) atoms. The lowest BCUT2D eigenvalue weighted by molar-refractivity contribution is -0.129. The van der Waals surface area contributed by atoms with E-state index in [4.69, 9.17) is 0 Å². The number of H-pyrrole nitrogens is 2. The van der Waals surface area contributed by atoms with E-state index in [1.54, 1.807) is 11.1 Å². The Morgan fingerprint density at radius 1 is 1.17 bits per heavy atom. The molecule has 0 bridgehead atoms. The third-order valence-corrected chi connectivity index (χ3v) is 4.41. The molecule has 0 saturated heterocycles. The van der Waals surface area contributed by atoms with Gasteiger partial charge in [-0.3, -0.25) is 9.89 Å². The van der Waals surface area contributed by atoms with Crippen molar-refractivity contribution in [1.29, 1.82) is 0 Å². The second kappa shape index (κ2) is 5.91. The first-order valence-electron chi connectivity index (χ1n) is 7.77. The molecule has 2 aromatic heterocycles. The van der Waals surface area contributed by atoms with Gasteiger partial charge in [0.1, 0.15) is 0 Å². The number of carbonyl (C=O) groups is 1. The van der Waals surface area contributed by atoms with E-state index in [1.807, 2.05) is 20.0 Å². The zero-order valence-corrected chi connectivity index (χ0v) is 14.0. The number of aromatic nitrogens is 3. The minimum atomic E-state index is 0.101. The molecule has 3 rings (SSSR count). The highest BCUT2D eigenvalue weighted by molar-refractivity contribution is 5.93. The maximum atomic E-state index is 12.6. The van der Waals surface area contributed by atoms with E-state index in [1.165, 1.54) is 16.5 Å². The third-order valence-electron chi connectivity index (χ3n) is 4.41. The van der Waals surface area contributed by atoms with Crippen LogP contribution in [0.3, 0.4) is 0 Å². The van der Waals surface area contributed by atoms with Crippen molar-refractivity contribution >= 4 is 16.8 Å². The molecule has 0 unspecified atom stereocenters. The highest BCUT2D eigenvalue weighted by atomic mass is 16.2. The van der Waals surface area contributed by atoms with Crippen LogP contribution in [-0.4, -0.2) is 33.0 Å². The van der Waals surface area contributed by atoms with Gasteiger partial charge in [0.25, 0.3) is 0 Å². The SMILES string of the molecule is Cc1[nH]c2c(C)ccc(C)c2c1CC(=O)N(C)Cc1ccn[nH]1. The predicted octanol–water partition coefficient (Wildman–Crippen LogP) is 3.02. The van der Waals surface area contributed by atoms with E-state index < -0.39 is 0 Å². The number of rotatable bonds is 4. The van der Waals surface area contributed by atoms with Gasteiger partial charge in [-0.1, -0.05) is 12.1 Å². The molecule has 120 valence electrons. The fourth-order valence-electron chi connectivity index (χ4n) is 3.04. The number of fused-ring (bicyclic) bond motifs is 1. The normalized spacial score (nSPS) is 11.1. The molecule has 0 atom stereocenters. The zero-order valence-electron chi connectivity index (χ0n) is 14.0. The Labute approximate surface area is 135 Å². The minimum absolute atomic E-state index is 0.101. The third kappa shape index (κ3) is 2.86. The quantitative estimate of drug-likeness (QED) is 0.778. The van der Waals surface area contributed by atoms with Crippen LogP contribution in [-0.2, 0) is 17.8 Å². The van der Waals surface area contributed by atoms with Crippen LogP contribution in [0.15, 0.2) is 24.4 Å². The Balaban J connectivity index is 1.88. The van der Waals surface area contributed by atoms with Gasteiger partial charge in [0.05, 0.1) is 18.7 Å². The van der Waals surface area contributed by atoms with Crippen LogP contribution >= 0.6 is 0 Å². The molecule has 0 aliphatic heterocycles. The van der Waals surface area contributed by atoms with Gasteiger partial charge in [-0.2, -0.15) is 5.10 Å². The second-order valence-electron chi connectivity index (χ2n) is 6.19. The van der Waals surface area contributed by atoms with Crippen LogP contribution in [0.1, 0.15) is 28.1 Å². The van der Waals surface area contributed by atoms with Gasteiger partial charge in [-0.05, 0) is 43.5 Å². The Hall–Kier alpha value is -2.56. The molecular weight excluding hydrogens is 288 g/mol. The minimum Gasteiger partial charge on any atom is -0.358 e. The number of nitrogens with one attached hydrogen (secondary N) is 2. The molecule has 0 saturated carbocycles. The van der Waals surface area contributed by atoms with E-state index in [9.17, 15) is 4.79 Å². The van der Waals surface area contributed by atoms with E-state index in [-0.39, 0.29) is 5.91 Å². The van der Waals surface area contributed by atoms with Crippen molar-refractivity contribution in [3.63, 3.8) is 0 Å². The van der Waals surface area contributed by atoms with Crippen LogP contribution < -0.4 is 0 Å². The number of hydrogen-bond donors (Lipinski definition) is 2. The van der Waals surface area contributed by atoms with E-state index in [0.717, 1.165) is 22.5 Å². The number of nitrogens with zero attached hydrogens (tertiary/aromatic N) is 2. The number of carbonyl (C=O) groups excluding carboxylic acids is 1. The van der Waals surface area contributed by atoms with Gasteiger partial charge >= 0.3 is 0 Å². The van der Waals surface area contributed by atoms with Gasteiger partial charge in [-0.15, -0.1) is 0 Å². The van der Waals surface area contributed by atoms with Crippen LogP contribution in [0.2, 0.25) is 0 Å². The molecule has 2 N–H and O–H groups in total. The highest BCUT2D eigenvalue weighted by Crippen LogP contribution is 2.28. The summed E-state index contributed by atoms with van der Waals surface area (Å²) in [4.78, 5) is 17.8. The number of benzene rings is 1. The molecule has 1 amide bonds. The Bertz CT molecular complexity index is 846. The highest BCUT2D eigenvalue weighted by Gasteiger charge is 2.18. The molecule has 5 heteroatoms. The van der Waals surface area contributed by atoms with Gasteiger partial charge in [0.15, 0.2) is 0 Å². The topological polar surface area (TPSA) is 64.8 Å². The number of likely N-dealkylation sites (N-methyl/N-ethyl adjacent to an activating group) is 1. The van der Waals surface area contributed by atoms with Crippen molar-refractivity contribution in [2.75, 3.05) is 7.05 Å². The Kier molecular flexibility index (Phi) is 3.94. The van der Waals surface area contributed by atoms with Crippen molar-refractivity contribution in [3.8, 4) is 0 Å². The molecule has 0 aliphatic rings. The molecule has 2 heterocycles. The molecule has 5 nitrogen and oxygen atoms in total. The van der Waals surface area contributed by atoms with Gasteiger partial charge in [0.2, 0.25) is 5.91 Å².